The average molecular weight is 584 g/mol. The number of rotatable bonds is 9. The summed E-state index contributed by atoms with van der Waals surface area (Å²) in [6.45, 7) is 2.17. The molecule has 45 heavy (non-hydrogen) atoms. The van der Waals surface area contributed by atoms with Crippen molar-refractivity contribution >= 4 is 51.0 Å². The van der Waals surface area contributed by atoms with Crippen LogP contribution in [0.2, 0.25) is 0 Å². The Morgan fingerprint density at radius 1 is 0.578 bits per heavy atom. The van der Waals surface area contributed by atoms with Crippen LogP contribution in [-0.4, -0.2) is 4.57 Å². The van der Waals surface area contributed by atoms with Gasteiger partial charge in [-0.15, -0.1) is 0 Å². The van der Waals surface area contributed by atoms with Crippen molar-refractivity contribution in [1.82, 2.24) is 4.57 Å². The third kappa shape index (κ3) is 5.78. The summed E-state index contributed by atoms with van der Waals surface area (Å²) in [7, 11) is 0. The Balaban J connectivity index is 1.24. The summed E-state index contributed by atoms with van der Waals surface area (Å²) in [6, 6.07) is 54.2. The number of nitrogens with two attached hydrogens (primary N) is 1. The molecule has 3 heteroatoms. The molecule has 0 radical (unpaired) electrons. The van der Waals surface area contributed by atoms with Crippen LogP contribution in [0.15, 0.2) is 152 Å². The van der Waals surface area contributed by atoms with E-state index in [-0.39, 0.29) is 6.04 Å². The molecular formula is C42H37N3. The van der Waals surface area contributed by atoms with Gasteiger partial charge in [0, 0.05) is 39.6 Å². The Morgan fingerprint density at radius 2 is 1.13 bits per heavy atom. The number of fused-ring (bicyclic) bond motifs is 3. The molecule has 0 bridgehead atoms. The molecule has 220 valence electrons. The molecular weight excluding hydrogens is 546 g/mol. The number of aromatic nitrogens is 1. The molecule has 7 aromatic rings. The lowest BCUT2D eigenvalue weighted by atomic mass is 10.0. The zero-order valence-electron chi connectivity index (χ0n) is 25.6. The van der Waals surface area contributed by atoms with Crippen LogP contribution >= 0.6 is 0 Å². The van der Waals surface area contributed by atoms with Gasteiger partial charge >= 0.3 is 0 Å². The summed E-state index contributed by atoms with van der Waals surface area (Å²) in [5, 5.41) is 2.47. The van der Waals surface area contributed by atoms with Crippen molar-refractivity contribution in [3.63, 3.8) is 0 Å². The van der Waals surface area contributed by atoms with Gasteiger partial charge in [-0.05, 0) is 83.8 Å². The normalized spacial score (nSPS) is 12.2. The van der Waals surface area contributed by atoms with Crippen LogP contribution in [0.5, 0.6) is 0 Å². The van der Waals surface area contributed by atoms with Gasteiger partial charge in [0.2, 0.25) is 0 Å². The summed E-state index contributed by atoms with van der Waals surface area (Å²) in [5.74, 6) is 0. The van der Waals surface area contributed by atoms with Gasteiger partial charge in [-0.1, -0.05) is 116 Å². The summed E-state index contributed by atoms with van der Waals surface area (Å²) < 4.78 is 2.36. The quantitative estimate of drug-likeness (QED) is 0.172. The summed E-state index contributed by atoms with van der Waals surface area (Å²) in [4.78, 5) is 2.33. The Labute approximate surface area is 265 Å². The molecule has 0 saturated heterocycles. The van der Waals surface area contributed by atoms with E-state index in [0.717, 1.165) is 41.2 Å². The molecule has 0 aliphatic heterocycles. The van der Waals surface area contributed by atoms with E-state index in [4.69, 9.17) is 5.73 Å². The molecule has 1 aromatic heterocycles. The molecule has 3 nitrogen and oxygen atoms in total. The van der Waals surface area contributed by atoms with E-state index < -0.39 is 0 Å². The van der Waals surface area contributed by atoms with E-state index in [1.807, 2.05) is 0 Å². The smallest absolute Gasteiger partial charge is 0.0542 e. The minimum atomic E-state index is 0.108. The molecule has 0 aliphatic carbocycles. The van der Waals surface area contributed by atoms with Gasteiger partial charge in [0.15, 0.2) is 0 Å². The van der Waals surface area contributed by atoms with Crippen molar-refractivity contribution in [1.29, 1.82) is 0 Å². The number of benzene rings is 6. The van der Waals surface area contributed by atoms with Crippen molar-refractivity contribution in [2.24, 2.45) is 5.73 Å². The Morgan fingerprint density at radius 3 is 1.82 bits per heavy atom. The number of hydrogen-bond donors (Lipinski definition) is 1. The summed E-state index contributed by atoms with van der Waals surface area (Å²) in [6.07, 6.45) is 6.43. The SMILES string of the molecule is CCCC(N)c1ccc(/C=C/c2ccc(N(c3ccccc3)c3ccc4c(c3)c3ccccc3n4-c3ccccc3)cc2)cc1. The van der Waals surface area contributed by atoms with Crippen molar-refractivity contribution in [2.45, 2.75) is 25.8 Å². The van der Waals surface area contributed by atoms with Gasteiger partial charge in [-0.2, -0.15) is 0 Å². The molecule has 1 heterocycles. The molecule has 0 aliphatic rings. The Bertz CT molecular complexity index is 2060. The molecule has 0 amide bonds. The maximum atomic E-state index is 6.30. The first-order valence-corrected chi connectivity index (χ1v) is 15.8. The second-order valence-corrected chi connectivity index (χ2v) is 11.5. The van der Waals surface area contributed by atoms with E-state index in [0.29, 0.717) is 0 Å². The maximum absolute atomic E-state index is 6.30. The molecule has 0 spiro atoms. The zero-order chi connectivity index (χ0) is 30.6. The number of para-hydroxylation sites is 3. The van der Waals surface area contributed by atoms with Crippen molar-refractivity contribution in [3.05, 3.63) is 168 Å². The van der Waals surface area contributed by atoms with Crippen molar-refractivity contribution < 1.29 is 0 Å². The number of nitrogens with zero attached hydrogens (tertiary/aromatic N) is 2. The van der Waals surface area contributed by atoms with Crippen LogP contribution in [0.3, 0.4) is 0 Å². The van der Waals surface area contributed by atoms with Crippen LogP contribution < -0.4 is 10.6 Å². The first kappa shape index (κ1) is 28.4. The Hall–Kier alpha value is -5.38. The van der Waals surface area contributed by atoms with Gasteiger partial charge in [-0.25, -0.2) is 0 Å². The highest BCUT2D eigenvalue weighted by Gasteiger charge is 2.17. The number of hydrogen-bond acceptors (Lipinski definition) is 2. The van der Waals surface area contributed by atoms with Crippen LogP contribution in [0.1, 0.15) is 42.5 Å². The molecule has 6 aromatic carbocycles. The topological polar surface area (TPSA) is 34.2 Å². The molecule has 2 N–H and O–H groups in total. The van der Waals surface area contributed by atoms with Crippen LogP contribution in [0, 0.1) is 0 Å². The average Bonchev–Trinajstić information content (AvgIpc) is 3.43. The minimum absolute atomic E-state index is 0.108. The number of anilines is 3. The summed E-state index contributed by atoms with van der Waals surface area (Å²) >= 11 is 0. The molecule has 0 fully saturated rings. The molecule has 0 saturated carbocycles. The fourth-order valence-corrected chi connectivity index (χ4v) is 6.24. The lowest BCUT2D eigenvalue weighted by molar-refractivity contribution is 0.638. The first-order chi connectivity index (χ1) is 22.2. The lowest BCUT2D eigenvalue weighted by Gasteiger charge is -2.25. The second kappa shape index (κ2) is 12.7. The van der Waals surface area contributed by atoms with Gasteiger partial charge in [0.25, 0.3) is 0 Å². The highest BCUT2D eigenvalue weighted by Crippen LogP contribution is 2.39. The van der Waals surface area contributed by atoms with Crippen LogP contribution in [0.4, 0.5) is 17.1 Å². The van der Waals surface area contributed by atoms with Crippen LogP contribution in [0.25, 0.3) is 39.6 Å². The predicted octanol–water partition coefficient (Wildman–Crippen LogP) is 11.2. The van der Waals surface area contributed by atoms with Crippen molar-refractivity contribution in [3.8, 4) is 5.69 Å². The van der Waals surface area contributed by atoms with Gasteiger partial charge < -0.3 is 15.2 Å². The fourth-order valence-electron chi connectivity index (χ4n) is 6.24. The maximum Gasteiger partial charge on any atom is 0.0542 e. The zero-order valence-corrected chi connectivity index (χ0v) is 25.6. The highest BCUT2D eigenvalue weighted by molar-refractivity contribution is 6.10. The van der Waals surface area contributed by atoms with Crippen molar-refractivity contribution in [2.75, 3.05) is 4.90 Å². The third-order valence-corrected chi connectivity index (χ3v) is 8.53. The molecule has 1 unspecified atom stereocenters. The predicted molar refractivity (Wildman–Crippen MR) is 193 cm³/mol. The Kier molecular flexibility index (Phi) is 8.01. The molecule has 1 atom stereocenters. The second-order valence-electron chi connectivity index (χ2n) is 11.5. The van der Waals surface area contributed by atoms with E-state index in [1.54, 1.807) is 0 Å². The fraction of sp³-hybridized carbons (Fsp3) is 0.0952. The lowest BCUT2D eigenvalue weighted by Crippen LogP contribution is -2.09. The monoisotopic (exact) mass is 583 g/mol. The standard InChI is InChI=1S/C42H37N3/c1-2-11-40(43)33-24-20-31(21-25-33)18-19-32-22-26-36(27-23-32)44(34-12-5-3-6-13-34)37-28-29-42-39(30-37)38-16-9-10-17-41(38)45(42)35-14-7-4-8-15-35/h3-10,12-30,40H,2,11,43H2,1H3/b19-18+. The summed E-state index contributed by atoms with van der Waals surface area (Å²) in [5.41, 5.74) is 16.7. The van der Waals surface area contributed by atoms with E-state index in [9.17, 15) is 0 Å². The largest absolute Gasteiger partial charge is 0.324 e. The molecule has 7 rings (SSSR count). The highest BCUT2D eigenvalue weighted by atomic mass is 15.1. The van der Waals surface area contributed by atoms with E-state index >= 15 is 0 Å². The van der Waals surface area contributed by atoms with Crippen LogP contribution in [-0.2, 0) is 0 Å². The first-order valence-electron chi connectivity index (χ1n) is 15.8. The third-order valence-electron chi connectivity index (χ3n) is 8.53. The minimum Gasteiger partial charge on any atom is -0.324 e. The van der Waals surface area contributed by atoms with Gasteiger partial charge in [-0.3, -0.25) is 0 Å². The van der Waals surface area contributed by atoms with Gasteiger partial charge in [0.05, 0.1) is 11.0 Å². The van der Waals surface area contributed by atoms with E-state index in [2.05, 4.69) is 180 Å². The van der Waals surface area contributed by atoms with E-state index in [1.165, 1.54) is 32.9 Å². The van der Waals surface area contributed by atoms with Gasteiger partial charge in [0.1, 0.15) is 0 Å².